The van der Waals surface area contributed by atoms with Crippen LogP contribution in [0.3, 0.4) is 0 Å². The number of carbonyl (C=O) groups excluding carboxylic acids is 1. The van der Waals surface area contributed by atoms with Gasteiger partial charge in [0.25, 0.3) is 0 Å². The molecule has 15 heavy (non-hydrogen) atoms. The number of aryl methyl sites for hydroxylation is 1. The molecule has 1 aliphatic rings. The largest absolute Gasteiger partial charge is 0.292 e. The number of Topliss-reactive ketones (excluding diaryl/α,β-unsaturated/α-hetero) is 1. The molecule has 1 saturated carbocycles. The average Bonchev–Trinajstić information content (AvgIpc) is 2.64. The molecule has 1 aromatic heterocycles. The smallest absolute Gasteiger partial charge is 0.186 e. The van der Waals surface area contributed by atoms with Gasteiger partial charge in [0.05, 0.1) is 0 Å². The van der Waals surface area contributed by atoms with Crippen LogP contribution in [0.2, 0.25) is 0 Å². The molecular weight excluding hydrogens is 188 g/mol. The first-order valence-corrected chi connectivity index (χ1v) is 5.66. The van der Waals surface area contributed by atoms with Crippen molar-refractivity contribution in [1.29, 1.82) is 0 Å². The molecule has 0 aromatic carbocycles. The van der Waals surface area contributed by atoms with Crippen LogP contribution < -0.4 is 0 Å². The minimum atomic E-state index is -0.147. The van der Waals surface area contributed by atoms with Crippen molar-refractivity contribution in [2.24, 2.45) is 12.5 Å². The number of aromatic nitrogens is 2. The Morgan fingerprint density at radius 3 is 2.60 bits per heavy atom. The van der Waals surface area contributed by atoms with Gasteiger partial charge in [0.1, 0.15) is 5.69 Å². The van der Waals surface area contributed by atoms with Gasteiger partial charge < -0.3 is 0 Å². The maximum atomic E-state index is 12.3. The zero-order chi connectivity index (χ0) is 10.9. The van der Waals surface area contributed by atoms with E-state index in [1.807, 2.05) is 13.1 Å². The molecule has 1 fully saturated rings. The zero-order valence-electron chi connectivity index (χ0n) is 9.49. The lowest BCUT2D eigenvalue weighted by atomic mass is 9.72. The number of nitrogens with zero attached hydrogens (tertiary/aromatic N) is 2. The Hall–Kier alpha value is -1.12. The summed E-state index contributed by atoms with van der Waals surface area (Å²) in [6.45, 7) is 2.10. The number of hydrogen-bond donors (Lipinski definition) is 0. The molecule has 0 amide bonds. The second kappa shape index (κ2) is 3.80. The standard InChI is InChI=1S/C12H18N2O/c1-12(7-4-3-5-8-12)11(15)10-6-9-13-14(10)2/h6,9H,3-5,7-8H2,1-2H3. The highest BCUT2D eigenvalue weighted by Crippen LogP contribution is 2.38. The molecule has 1 aliphatic carbocycles. The van der Waals surface area contributed by atoms with Crippen molar-refractivity contribution in [2.75, 3.05) is 0 Å². The van der Waals surface area contributed by atoms with Crippen LogP contribution >= 0.6 is 0 Å². The summed E-state index contributed by atoms with van der Waals surface area (Å²) in [6, 6.07) is 1.82. The van der Waals surface area contributed by atoms with Crippen LogP contribution in [0.5, 0.6) is 0 Å². The molecule has 0 atom stereocenters. The Labute approximate surface area is 90.5 Å². The Balaban J connectivity index is 2.23. The van der Waals surface area contributed by atoms with E-state index in [9.17, 15) is 4.79 Å². The van der Waals surface area contributed by atoms with Gasteiger partial charge in [-0.3, -0.25) is 9.48 Å². The number of hydrogen-bond acceptors (Lipinski definition) is 2. The van der Waals surface area contributed by atoms with Crippen molar-refractivity contribution >= 4 is 5.78 Å². The van der Waals surface area contributed by atoms with E-state index in [1.54, 1.807) is 10.9 Å². The van der Waals surface area contributed by atoms with Crippen LogP contribution in [0, 0.1) is 5.41 Å². The van der Waals surface area contributed by atoms with Crippen molar-refractivity contribution in [3.63, 3.8) is 0 Å². The maximum absolute atomic E-state index is 12.3. The summed E-state index contributed by atoms with van der Waals surface area (Å²) in [5.41, 5.74) is 0.603. The lowest BCUT2D eigenvalue weighted by Gasteiger charge is -2.31. The van der Waals surface area contributed by atoms with Crippen molar-refractivity contribution in [3.05, 3.63) is 18.0 Å². The van der Waals surface area contributed by atoms with Gasteiger partial charge in [0.2, 0.25) is 0 Å². The van der Waals surface area contributed by atoms with Gasteiger partial charge in [0, 0.05) is 18.7 Å². The molecule has 0 bridgehead atoms. The van der Waals surface area contributed by atoms with E-state index in [4.69, 9.17) is 0 Å². The lowest BCUT2D eigenvalue weighted by molar-refractivity contribution is 0.0739. The predicted octanol–water partition coefficient (Wildman–Crippen LogP) is 2.57. The van der Waals surface area contributed by atoms with Crippen LogP contribution in [-0.4, -0.2) is 15.6 Å². The summed E-state index contributed by atoms with van der Waals surface area (Å²) < 4.78 is 1.68. The highest BCUT2D eigenvalue weighted by atomic mass is 16.1. The number of carbonyl (C=O) groups is 1. The molecule has 82 valence electrons. The van der Waals surface area contributed by atoms with E-state index in [0.717, 1.165) is 18.5 Å². The second-order valence-electron chi connectivity index (χ2n) is 4.79. The third kappa shape index (κ3) is 1.83. The maximum Gasteiger partial charge on any atom is 0.186 e. The van der Waals surface area contributed by atoms with Gasteiger partial charge in [0.15, 0.2) is 5.78 Å². The molecule has 3 nitrogen and oxygen atoms in total. The van der Waals surface area contributed by atoms with Crippen LogP contribution in [0.4, 0.5) is 0 Å². The summed E-state index contributed by atoms with van der Waals surface area (Å²) in [5.74, 6) is 0.266. The first-order chi connectivity index (χ1) is 7.13. The summed E-state index contributed by atoms with van der Waals surface area (Å²) in [7, 11) is 1.83. The number of rotatable bonds is 2. The highest BCUT2D eigenvalue weighted by Gasteiger charge is 2.36. The quantitative estimate of drug-likeness (QED) is 0.697. The average molecular weight is 206 g/mol. The molecule has 0 aliphatic heterocycles. The van der Waals surface area contributed by atoms with Crippen molar-refractivity contribution in [2.45, 2.75) is 39.0 Å². The fourth-order valence-corrected chi connectivity index (χ4v) is 2.47. The Morgan fingerprint density at radius 1 is 1.40 bits per heavy atom. The Bertz CT molecular complexity index is 361. The van der Waals surface area contributed by atoms with Crippen LogP contribution in [-0.2, 0) is 7.05 Å². The van der Waals surface area contributed by atoms with Gasteiger partial charge in [-0.1, -0.05) is 26.2 Å². The molecule has 0 radical (unpaired) electrons. The number of ketones is 1. The Kier molecular flexibility index (Phi) is 2.63. The van der Waals surface area contributed by atoms with Gasteiger partial charge in [-0.15, -0.1) is 0 Å². The highest BCUT2D eigenvalue weighted by molar-refractivity contribution is 5.98. The molecule has 0 N–H and O–H groups in total. The monoisotopic (exact) mass is 206 g/mol. The van der Waals surface area contributed by atoms with Gasteiger partial charge in [-0.05, 0) is 18.9 Å². The SMILES string of the molecule is Cn1nccc1C(=O)C1(C)CCCCC1. The fourth-order valence-electron chi connectivity index (χ4n) is 2.47. The van der Waals surface area contributed by atoms with Gasteiger partial charge >= 0.3 is 0 Å². The van der Waals surface area contributed by atoms with Crippen LogP contribution in [0.25, 0.3) is 0 Å². The molecule has 0 spiro atoms. The predicted molar refractivity (Wildman–Crippen MR) is 58.7 cm³/mol. The van der Waals surface area contributed by atoms with E-state index in [1.165, 1.54) is 19.3 Å². The fraction of sp³-hybridized carbons (Fsp3) is 0.667. The minimum Gasteiger partial charge on any atom is -0.292 e. The van der Waals surface area contributed by atoms with E-state index in [-0.39, 0.29) is 11.2 Å². The molecule has 3 heteroatoms. The summed E-state index contributed by atoms with van der Waals surface area (Å²) >= 11 is 0. The molecule has 2 rings (SSSR count). The van der Waals surface area contributed by atoms with Crippen molar-refractivity contribution in [3.8, 4) is 0 Å². The third-order valence-electron chi connectivity index (χ3n) is 3.56. The van der Waals surface area contributed by atoms with E-state index in [0.29, 0.717) is 0 Å². The topological polar surface area (TPSA) is 34.9 Å². The van der Waals surface area contributed by atoms with E-state index in [2.05, 4.69) is 12.0 Å². The van der Waals surface area contributed by atoms with Crippen LogP contribution in [0.15, 0.2) is 12.3 Å². The molecular formula is C12H18N2O. The Morgan fingerprint density at radius 2 is 2.07 bits per heavy atom. The second-order valence-corrected chi connectivity index (χ2v) is 4.79. The summed E-state index contributed by atoms with van der Waals surface area (Å²) in [6.07, 6.45) is 7.38. The molecule has 0 unspecified atom stereocenters. The van der Waals surface area contributed by atoms with E-state index >= 15 is 0 Å². The zero-order valence-corrected chi connectivity index (χ0v) is 9.49. The van der Waals surface area contributed by atoms with Crippen molar-refractivity contribution in [1.82, 2.24) is 9.78 Å². The molecule has 1 aromatic rings. The molecule has 1 heterocycles. The first kappa shape index (κ1) is 10.4. The summed E-state index contributed by atoms with van der Waals surface area (Å²) in [5, 5.41) is 4.06. The van der Waals surface area contributed by atoms with Crippen LogP contribution in [0.1, 0.15) is 49.5 Å². The van der Waals surface area contributed by atoms with Gasteiger partial charge in [-0.2, -0.15) is 5.10 Å². The normalized spacial score (nSPS) is 20.1. The molecule has 0 saturated heterocycles. The van der Waals surface area contributed by atoms with Gasteiger partial charge in [-0.25, -0.2) is 0 Å². The van der Waals surface area contributed by atoms with Crippen molar-refractivity contribution < 1.29 is 4.79 Å². The third-order valence-corrected chi connectivity index (χ3v) is 3.56. The first-order valence-electron chi connectivity index (χ1n) is 5.66. The minimum absolute atomic E-state index is 0.147. The van der Waals surface area contributed by atoms with E-state index < -0.39 is 0 Å². The lowest BCUT2D eigenvalue weighted by Crippen LogP contribution is -2.31. The summed E-state index contributed by atoms with van der Waals surface area (Å²) in [4.78, 5) is 12.3.